The summed E-state index contributed by atoms with van der Waals surface area (Å²) in [6.45, 7) is 9.14. The first-order valence-electron chi connectivity index (χ1n) is 12.0. The van der Waals surface area contributed by atoms with Crippen LogP contribution in [-0.4, -0.2) is 51.5 Å². The number of nitrogens with one attached hydrogen (secondary N) is 1. The van der Waals surface area contributed by atoms with Crippen molar-refractivity contribution < 1.29 is 0 Å². The average molecular weight is 453 g/mol. The molecule has 1 unspecified atom stereocenters. The molecule has 6 nitrogen and oxygen atoms in total. The van der Waals surface area contributed by atoms with Crippen molar-refractivity contribution in [1.29, 1.82) is 0 Å². The van der Waals surface area contributed by atoms with Gasteiger partial charge in [0.05, 0.1) is 17.4 Å². The quantitative estimate of drug-likeness (QED) is 0.598. The minimum atomic E-state index is 0.328. The van der Waals surface area contributed by atoms with E-state index in [-0.39, 0.29) is 0 Å². The Labute approximate surface area is 195 Å². The Morgan fingerprint density at radius 3 is 3.00 bits per heavy atom. The molecule has 32 heavy (non-hydrogen) atoms. The van der Waals surface area contributed by atoms with Gasteiger partial charge < -0.3 is 10.2 Å². The predicted octanol–water partition coefficient (Wildman–Crippen LogP) is 4.47. The maximum absolute atomic E-state index is 7.02. The van der Waals surface area contributed by atoms with Crippen LogP contribution in [0.2, 0.25) is 5.15 Å². The molecule has 1 N–H and O–H groups in total. The molecule has 2 aliphatic rings. The molecule has 1 aliphatic carbocycles. The van der Waals surface area contributed by atoms with Crippen LogP contribution in [0.1, 0.15) is 56.1 Å². The number of aryl methyl sites for hydroxylation is 1. The molecule has 1 saturated heterocycles. The number of imidazole rings is 1. The lowest BCUT2D eigenvalue weighted by Crippen LogP contribution is -2.49. The van der Waals surface area contributed by atoms with Gasteiger partial charge in [-0.2, -0.15) is 0 Å². The molecule has 7 heteroatoms. The predicted molar refractivity (Wildman–Crippen MR) is 130 cm³/mol. The molecule has 3 aromatic rings. The SMILES string of the molecule is CCCN(Cc1nc2cccc(N3CCN[C@@H](C)C3)n2c1Cl)C1CCCc2cccnc21. The van der Waals surface area contributed by atoms with E-state index in [0.29, 0.717) is 12.1 Å². The summed E-state index contributed by atoms with van der Waals surface area (Å²) in [5.41, 5.74) is 4.51. The fourth-order valence-electron chi connectivity index (χ4n) is 5.34. The van der Waals surface area contributed by atoms with Crippen molar-refractivity contribution in [3.05, 3.63) is 58.6 Å². The first kappa shape index (κ1) is 21.7. The summed E-state index contributed by atoms with van der Waals surface area (Å²) in [4.78, 5) is 14.7. The topological polar surface area (TPSA) is 48.7 Å². The molecule has 4 heterocycles. The van der Waals surface area contributed by atoms with E-state index in [9.17, 15) is 0 Å². The third-order valence-electron chi connectivity index (χ3n) is 6.80. The second-order valence-electron chi connectivity index (χ2n) is 9.15. The monoisotopic (exact) mass is 452 g/mol. The summed E-state index contributed by atoms with van der Waals surface area (Å²) in [5.74, 6) is 1.13. The van der Waals surface area contributed by atoms with E-state index < -0.39 is 0 Å². The lowest BCUT2D eigenvalue weighted by atomic mass is 9.90. The number of fused-ring (bicyclic) bond motifs is 2. The Morgan fingerprint density at radius 2 is 2.16 bits per heavy atom. The van der Waals surface area contributed by atoms with Crippen LogP contribution < -0.4 is 10.2 Å². The highest BCUT2D eigenvalue weighted by Gasteiger charge is 2.29. The van der Waals surface area contributed by atoms with E-state index in [2.05, 4.69) is 63.7 Å². The minimum Gasteiger partial charge on any atom is -0.355 e. The van der Waals surface area contributed by atoms with Gasteiger partial charge in [0.15, 0.2) is 0 Å². The van der Waals surface area contributed by atoms with E-state index in [1.807, 2.05) is 6.20 Å². The highest BCUT2D eigenvalue weighted by molar-refractivity contribution is 6.30. The molecule has 0 saturated carbocycles. The molecule has 0 bridgehead atoms. The largest absolute Gasteiger partial charge is 0.355 e. The summed E-state index contributed by atoms with van der Waals surface area (Å²) in [5, 5.41) is 4.26. The van der Waals surface area contributed by atoms with Crippen molar-refractivity contribution in [2.24, 2.45) is 0 Å². The van der Waals surface area contributed by atoms with Gasteiger partial charge >= 0.3 is 0 Å². The van der Waals surface area contributed by atoms with Crippen molar-refractivity contribution in [1.82, 2.24) is 24.6 Å². The van der Waals surface area contributed by atoms with Gasteiger partial charge in [-0.25, -0.2) is 4.98 Å². The molecular formula is C25H33ClN6. The zero-order chi connectivity index (χ0) is 22.1. The third-order valence-corrected chi connectivity index (χ3v) is 7.18. The first-order valence-corrected chi connectivity index (χ1v) is 12.4. The Bertz CT molecular complexity index is 1080. The molecule has 5 rings (SSSR count). The lowest BCUT2D eigenvalue weighted by molar-refractivity contribution is 0.164. The molecule has 3 aromatic heterocycles. The molecular weight excluding hydrogens is 420 g/mol. The van der Waals surface area contributed by atoms with E-state index in [0.717, 1.165) is 74.3 Å². The number of aromatic nitrogens is 3. The van der Waals surface area contributed by atoms with Crippen molar-refractivity contribution in [2.75, 3.05) is 31.1 Å². The number of pyridine rings is 2. The van der Waals surface area contributed by atoms with E-state index in [1.54, 1.807) is 0 Å². The van der Waals surface area contributed by atoms with Crippen molar-refractivity contribution in [3.63, 3.8) is 0 Å². The van der Waals surface area contributed by atoms with Gasteiger partial charge in [-0.1, -0.05) is 30.7 Å². The Balaban J connectivity index is 1.48. The summed E-state index contributed by atoms with van der Waals surface area (Å²) < 4.78 is 2.13. The highest BCUT2D eigenvalue weighted by Crippen LogP contribution is 2.35. The van der Waals surface area contributed by atoms with Gasteiger partial charge in [0.1, 0.15) is 16.6 Å². The number of hydrogen-bond acceptors (Lipinski definition) is 5. The Hall–Kier alpha value is -2.15. The van der Waals surface area contributed by atoms with E-state index in [4.69, 9.17) is 21.6 Å². The Morgan fingerprint density at radius 1 is 1.25 bits per heavy atom. The molecule has 0 amide bonds. The number of halogens is 1. The number of anilines is 1. The van der Waals surface area contributed by atoms with E-state index in [1.165, 1.54) is 17.7 Å². The molecule has 1 fully saturated rings. The summed E-state index contributed by atoms with van der Waals surface area (Å²) in [6.07, 6.45) is 6.49. The summed E-state index contributed by atoms with van der Waals surface area (Å²) in [6, 6.07) is 11.4. The molecule has 170 valence electrons. The first-order chi connectivity index (χ1) is 15.7. The molecule has 0 radical (unpaired) electrons. The smallest absolute Gasteiger partial charge is 0.139 e. The van der Waals surface area contributed by atoms with Crippen LogP contribution in [0.4, 0.5) is 5.82 Å². The fourth-order valence-corrected chi connectivity index (χ4v) is 5.62. The van der Waals surface area contributed by atoms with Gasteiger partial charge in [-0.15, -0.1) is 0 Å². The second-order valence-corrected chi connectivity index (χ2v) is 9.51. The third kappa shape index (κ3) is 4.12. The summed E-state index contributed by atoms with van der Waals surface area (Å²) >= 11 is 7.02. The van der Waals surface area contributed by atoms with Crippen LogP contribution in [0, 0.1) is 0 Å². The number of hydrogen-bond donors (Lipinski definition) is 1. The van der Waals surface area contributed by atoms with Gasteiger partial charge in [0, 0.05) is 38.4 Å². The Kier molecular flexibility index (Phi) is 6.35. The van der Waals surface area contributed by atoms with Crippen LogP contribution in [0.3, 0.4) is 0 Å². The second kappa shape index (κ2) is 9.38. The van der Waals surface area contributed by atoms with Gasteiger partial charge in [-0.3, -0.25) is 14.3 Å². The van der Waals surface area contributed by atoms with Gasteiger partial charge in [0.2, 0.25) is 0 Å². The van der Waals surface area contributed by atoms with Crippen LogP contribution in [-0.2, 0) is 13.0 Å². The number of piperazine rings is 1. The van der Waals surface area contributed by atoms with Crippen LogP contribution >= 0.6 is 11.6 Å². The molecule has 2 atom stereocenters. The van der Waals surface area contributed by atoms with Crippen LogP contribution in [0.15, 0.2) is 36.5 Å². The zero-order valence-electron chi connectivity index (χ0n) is 19.1. The van der Waals surface area contributed by atoms with Gasteiger partial charge in [-0.05, 0) is 62.9 Å². The van der Waals surface area contributed by atoms with Crippen LogP contribution in [0.25, 0.3) is 5.65 Å². The number of nitrogens with zero attached hydrogens (tertiary/aromatic N) is 5. The number of rotatable bonds is 6. The molecule has 0 spiro atoms. The van der Waals surface area contributed by atoms with Crippen molar-refractivity contribution in [2.45, 2.75) is 58.2 Å². The highest BCUT2D eigenvalue weighted by atomic mass is 35.5. The standard InChI is InChI=1S/C25H33ClN6/c1-3-14-30(21-9-4-7-19-8-6-12-28-24(19)21)17-20-25(26)32-22(29-20)10-5-11-23(32)31-15-13-27-18(2)16-31/h5-6,8,10-12,18,21,27H,3-4,7,9,13-17H2,1-2H3/t18-,21?/m0/s1. The van der Waals surface area contributed by atoms with Crippen molar-refractivity contribution in [3.8, 4) is 0 Å². The van der Waals surface area contributed by atoms with E-state index >= 15 is 0 Å². The normalized spacial score (nSPS) is 21.3. The molecule has 1 aliphatic heterocycles. The maximum Gasteiger partial charge on any atom is 0.139 e. The lowest BCUT2D eigenvalue weighted by Gasteiger charge is -2.34. The van der Waals surface area contributed by atoms with Crippen molar-refractivity contribution >= 4 is 23.1 Å². The molecule has 0 aromatic carbocycles. The minimum absolute atomic E-state index is 0.328. The summed E-state index contributed by atoms with van der Waals surface area (Å²) in [7, 11) is 0. The average Bonchev–Trinajstić information content (AvgIpc) is 3.14. The fraction of sp³-hybridized carbons (Fsp3) is 0.520. The van der Waals surface area contributed by atoms with Crippen LogP contribution in [0.5, 0.6) is 0 Å². The zero-order valence-corrected chi connectivity index (χ0v) is 19.9. The van der Waals surface area contributed by atoms with Gasteiger partial charge in [0.25, 0.3) is 0 Å². The maximum atomic E-state index is 7.02.